The summed E-state index contributed by atoms with van der Waals surface area (Å²) in [6.45, 7) is 0. The zero-order chi connectivity index (χ0) is 6.81. The molecular formula is C7H6N2S. The highest BCUT2D eigenvalue weighted by Crippen LogP contribution is 2.07. The molecule has 0 N–H and O–H groups in total. The van der Waals surface area contributed by atoms with Gasteiger partial charge in [-0.25, -0.2) is 0 Å². The zero-order valence-corrected chi connectivity index (χ0v) is 6.08. The van der Waals surface area contributed by atoms with Crippen LogP contribution in [0, 0.1) is 0 Å². The molecule has 50 valence electrons. The molecule has 2 aromatic heterocycles. The quantitative estimate of drug-likeness (QED) is 0.607. The van der Waals surface area contributed by atoms with Crippen molar-refractivity contribution in [1.29, 1.82) is 0 Å². The van der Waals surface area contributed by atoms with Crippen LogP contribution in [-0.4, -0.2) is 8.94 Å². The first-order valence-corrected chi connectivity index (χ1v) is 3.83. The molecule has 0 bridgehead atoms. The van der Waals surface area contributed by atoms with Gasteiger partial charge in [-0.1, -0.05) is 0 Å². The molecule has 0 amide bonds. The molecular weight excluding hydrogens is 144 g/mol. The van der Waals surface area contributed by atoms with Crippen molar-refractivity contribution in [3.05, 3.63) is 36.1 Å². The molecule has 0 aliphatic rings. The molecule has 2 aromatic rings. The minimum Gasteiger partial charge on any atom is -0.322 e. The summed E-state index contributed by atoms with van der Waals surface area (Å²) in [6.07, 6.45) is 5.86. The fourth-order valence-corrected chi connectivity index (χ4v) is 1.35. The lowest BCUT2D eigenvalue weighted by atomic mass is 10.6. The van der Waals surface area contributed by atoms with Gasteiger partial charge >= 0.3 is 0 Å². The molecule has 3 heteroatoms. The molecule has 0 radical (unpaired) electrons. The molecule has 0 saturated carbocycles. The summed E-state index contributed by atoms with van der Waals surface area (Å²) in [5.41, 5.74) is 1.13. The van der Waals surface area contributed by atoms with Crippen LogP contribution in [0.3, 0.4) is 0 Å². The highest BCUT2D eigenvalue weighted by atomic mass is 32.1. The first kappa shape index (κ1) is 5.68. The Hall–Kier alpha value is -1.09. The Morgan fingerprint density at radius 2 is 2.10 bits per heavy atom. The third-order valence-electron chi connectivity index (χ3n) is 1.32. The molecule has 0 saturated heterocycles. The maximum absolute atomic E-state index is 4.00. The molecule has 0 aliphatic heterocycles. The lowest BCUT2D eigenvalue weighted by Gasteiger charge is -1.93. The molecule has 0 fully saturated rings. The first-order valence-electron chi connectivity index (χ1n) is 2.99. The van der Waals surface area contributed by atoms with Crippen LogP contribution in [0.4, 0.5) is 0 Å². The average Bonchev–Trinajstić information content (AvgIpc) is 2.59. The van der Waals surface area contributed by atoms with E-state index in [0.717, 1.165) is 5.69 Å². The van der Waals surface area contributed by atoms with Gasteiger partial charge in [-0.2, -0.15) is 4.37 Å². The Labute approximate surface area is 62.9 Å². The van der Waals surface area contributed by atoms with Crippen LogP contribution in [0.5, 0.6) is 0 Å². The van der Waals surface area contributed by atoms with Gasteiger partial charge in [-0.15, -0.1) is 0 Å². The van der Waals surface area contributed by atoms with Gasteiger partial charge in [0.2, 0.25) is 0 Å². The van der Waals surface area contributed by atoms with Crippen LogP contribution in [-0.2, 0) is 0 Å². The van der Waals surface area contributed by atoms with E-state index in [1.807, 2.05) is 40.7 Å². The number of nitrogens with zero attached hydrogens (tertiary/aromatic N) is 2. The van der Waals surface area contributed by atoms with Crippen molar-refractivity contribution in [2.75, 3.05) is 0 Å². The van der Waals surface area contributed by atoms with Crippen molar-refractivity contribution in [2.24, 2.45) is 0 Å². The predicted octanol–water partition coefficient (Wildman–Crippen LogP) is 1.93. The summed E-state index contributed by atoms with van der Waals surface area (Å²) in [7, 11) is 0. The molecule has 2 rings (SSSR count). The second-order valence-electron chi connectivity index (χ2n) is 1.97. The van der Waals surface area contributed by atoms with E-state index < -0.39 is 0 Å². The van der Waals surface area contributed by atoms with Crippen molar-refractivity contribution in [3.8, 4) is 5.69 Å². The number of rotatable bonds is 1. The van der Waals surface area contributed by atoms with Crippen LogP contribution in [0.15, 0.2) is 36.1 Å². The number of hydrogen-bond donors (Lipinski definition) is 0. The van der Waals surface area contributed by atoms with Crippen LogP contribution in [0.1, 0.15) is 0 Å². The van der Waals surface area contributed by atoms with Crippen LogP contribution >= 0.6 is 11.5 Å². The van der Waals surface area contributed by atoms with Crippen LogP contribution < -0.4 is 0 Å². The molecule has 0 aliphatic carbocycles. The highest BCUT2D eigenvalue weighted by Gasteiger charge is 1.92. The third-order valence-corrected chi connectivity index (χ3v) is 1.90. The molecule has 2 nitrogen and oxygen atoms in total. The van der Waals surface area contributed by atoms with Gasteiger partial charge in [-0.3, -0.25) is 0 Å². The summed E-state index contributed by atoms with van der Waals surface area (Å²) < 4.78 is 6.03. The van der Waals surface area contributed by atoms with E-state index in [4.69, 9.17) is 0 Å². The summed E-state index contributed by atoms with van der Waals surface area (Å²) >= 11 is 1.47. The molecule has 0 aromatic carbocycles. The first-order chi connectivity index (χ1) is 4.97. The number of hydrogen-bond acceptors (Lipinski definition) is 2. The SMILES string of the molecule is c1ccn(-c2cnsc2)c1. The highest BCUT2D eigenvalue weighted by molar-refractivity contribution is 7.03. The molecule has 0 atom stereocenters. The average molecular weight is 150 g/mol. The van der Waals surface area contributed by atoms with E-state index in [2.05, 4.69) is 4.37 Å². The maximum Gasteiger partial charge on any atom is 0.0759 e. The standard InChI is InChI=1S/C7H6N2S/c1-2-4-9(3-1)7-5-8-10-6-7/h1-6H. The molecule has 2 heterocycles. The Morgan fingerprint density at radius 3 is 2.70 bits per heavy atom. The van der Waals surface area contributed by atoms with E-state index >= 15 is 0 Å². The Bertz CT molecular complexity index is 251. The third kappa shape index (κ3) is 0.844. The summed E-state index contributed by atoms with van der Waals surface area (Å²) in [5.74, 6) is 0. The van der Waals surface area contributed by atoms with Gasteiger partial charge < -0.3 is 4.57 Å². The Morgan fingerprint density at radius 1 is 1.30 bits per heavy atom. The largest absolute Gasteiger partial charge is 0.322 e. The fourth-order valence-electron chi connectivity index (χ4n) is 0.833. The van der Waals surface area contributed by atoms with Crippen molar-refractivity contribution < 1.29 is 0 Å². The Kier molecular flexibility index (Phi) is 1.29. The monoisotopic (exact) mass is 150 g/mol. The van der Waals surface area contributed by atoms with Gasteiger partial charge in [0.05, 0.1) is 11.9 Å². The Balaban J connectivity index is 2.48. The molecule has 0 unspecified atom stereocenters. The van der Waals surface area contributed by atoms with E-state index in [0.29, 0.717) is 0 Å². The lowest BCUT2D eigenvalue weighted by Crippen LogP contribution is -1.83. The van der Waals surface area contributed by atoms with Crippen molar-refractivity contribution in [2.45, 2.75) is 0 Å². The minimum atomic E-state index is 1.13. The maximum atomic E-state index is 4.00. The second-order valence-corrected chi connectivity index (χ2v) is 2.63. The fraction of sp³-hybridized carbons (Fsp3) is 0. The predicted molar refractivity (Wildman–Crippen MR) is 41.4 cm³/mol. The zero-order valence-electron chi connectivity index (χ0n) is 5.27. The van der Waals surface area contributed by atoms with Gasteiger partial charge in [0.25, 0.3) is 0 Å². The van der Waals surface area contributed by atoms with Crippen molar-refractivity contribution in [3.63, 3.8) is 0 Å². The normalized spacial score (nSPS) is 10.0. The van der Waals surface area contributed by atoms with Gasteiger partial charge in [0.15, 0.2) is 0 Å². The second kappa shape index (κ2) is 2.27. The van der Waals surface area contributed by atoms with Crippen molar-refractivity contribution >= 4 is 11.5 Å². The van der Waals surface area contributed by atoms with E-state index in [9.17, 15) is 0 Å². The smallest absolute Gasteiger partial charge is 0.0759 e. The number of aromatic nitrogens is 2. The molecule has 10 heavy (non-hydrogen) atoms. The van der Waals surface area contributed by atoms with E-state index in [-0.39, 0.29) is 0 Å². The van der Waals surface area contributed by atoms with E-state index in [1.54, 1.807) is 0 Å². The summed E-state index contributed by atoms with van der Waals surface area (Å²) in [4.78, 5) is 0. The minimum absolute atomic E-state index is 1.13. The van der Waals surface area contributed by atoms with Gasteiger partial charge in [-0.05, 0) is 23.7 Å². The summed E-state index contributed by atoms with van der Waals surface area (Å²) in [5, 5.41) is 2.01. The van der Waals surface area contributed by atoms with Crippen LogP contribution in [0.2, 0.25) is 0 Å². The topological polar surface area (TPSA) is 17.8 Å². The van der Waals surface area contributed by atoms with E-state index in [1.165, 1.54) is 11.5 Å². The van der Waals surface area contributed by atoms with Gasteiger partial charge in [0, 0.05) is 17.8 Å². The van der Waals surface area contributed by atoms with Crippen molar-refractivity contribution in [1.82, 2.24) is 8.94 Å². The van der Waals surface area contributed by atoms with Crippen LogP contribution in [0.25, 0.3) is 5.69 Å². The lowest BCUT2D eigenvalue weighted by molar-refractivity contribution is 1.08. The molecule has 0 spiro atoms. The summed E-state index contributed by atoms with van der Waals surface area (Å²) in [6, 6.07) is 4.00. The van der Waals surface area contributed by atoms with Gasteiger partial charge in [0.1, 0.15) is 0 Å².